The summed E-state index contributed by atoms with van der Waals surface area (Å²) in [6, 6.07) is 17.2. The molecule has 0 atom stereocenters. The largest absolute Gasteiger partial charge is 0.493 e. The molecule has 3 rings (SSSR count). The van der Waals surface area contributed by atoms with E-state index in [9.17, 15) is 4.79 Å². The quantitative estimate of drug-likeness (QED) is 0.696. The molecule has 5 nitrogen and oxygen atoms in total. The molecule has 0 spiro atoms. The van der Waals surface area contributed by atoms with E-state index in [1.807, 2.05) is 54.6 Å². The van der Waals surface area contributed by atoms with Crippen LogP contribution in [-0.2, 0) is 6.42 Å². The molecule has 1 N–H and O–H groups in total. The number of hydrogen-bond acceptors (Lipinski definition) is 4. The van der Waals surface area contributed by atoms with Gasteiger partial charge >= 0.3 is 0 Å². The smallest absolute Gasteiger partial charge is 0.251 e. The van der Waals surface area contributed by atoms with Gasteiger partial charge in [0.15, 0.2) is 11.5 Å². The van der Waals surface area contributed by atoms with Crippen molar-refractivity contribution in [2.24, 2.45) is 0 Å². The number of nitrogens with zero attached hydrogens (tertiary/aromatic N) is 1. The van der Waals surface area contributed by atoms with Crippen molar-refractivity contribution in [3.63, 3.8) is 0 Å². The molecule has 27 heavy (non-hydrogen) atoms. The second-order valence-electron chi connectivity index (χ2n) is 6.01. The summed E-state index contributed by atoms with van der Waals surface area (Å²) in [4.78, 5) is 16.5. The number of aromatic nitrogens is 1. The Balaban J connectivity index is 1.56. The molecule has 0 radical (unpaired) electrons. The molecule has 1 amide bonds. The molecule has 0 aliphatic carbocycles. The van der Waals surface area contributed by atoms with Crippen LogP contribution in [0.1, 0.15) is 15.9 Å². The Bertz CT molecular complexity index is 893. The zero-order valence-electron chi connectivity index (χ0n) is 15.4. The van der Waals surface area contributed by atoms with Crippen LogP contribution in [0.5, 0.6) is 11.5 Å². The number of carbonyl (C=O) groups is 1. The first kappa shape index (κ1) is 18.5. The third-order valence-electron chi connectivity index (χ3n) is 4.29. The van der Waals surface area contributed by atoms with Gasteiger partial charge in [-0.05, 0) is 53.4 Å². The Labute approximate surface area is 159 Å². The van der Waals surface area contributed by atoms with E-state index in [1.165, 1.54) is 0 Å². The van der Waals surface area contributed by atoms with Crippen LogP contribution in [0.15, 0.2) is 67.0 Å². The van der Waals surface area contributed by atoms with Crippen LogP contribution in [0, 0.1) is 0 Å². The monoisotopic (exact) mass is 362 g/mol. The maximum atomic E-state index is 12.3. The second-order valence-corrected chi connectivity index (χ2v) is 6.01. The molecule has 0 unspecified atom stereocenters. The van der Waals surface area contributed by atoms with Crippen LogP contribution in [0.3, 0.4) is 0 Å². The van der Waals surface area contributed by atoms with Crippen molar-refractivity contribution in [3.05, 3.63) is 78.1 Å². The SMILES string of the molecule is COc1ccc(CCNC(=O)c2ccc(-c3cccnc3)cc2)cc1OC. The van der Waals surface area contributed by atoms with Crippen molar-refractivity contribution < 1.29 is 14.3 Å². The summed E-state index contributed by atoms with van der Waals surface area (Å²) in [5.41, 5.74) is 3.76. The summed E-state index contributed by atoms with van der Waals surface area (Å²) in [6.07, 6.45) is 4.25. The molecular weight excluding hydrogens is 340 g/mol. The van der Waals surface area contributed by atoms with Crippen molar-refractivity contribution in [2.45, 2.75) is 6.42 Å². The number of nitrogens with one attached hydrogen (secondary N) is 1. The van der Waals surface area contributed by atoms with Crippen LogP contribution < -0.4 is 14.8 Å². The van der Waals surface area contributed by atoms with Crippen molar-refractivity contribution >= 4 is 5.91 Å². The fraction of sp³-hybridized carbons (Fsp3) is 0.182. The highest BCUT2D eigenvalue weighted by Crippen LogP contribution is 2.27. The normalized spacial score (nSPS) is 10.3. The second kappa shape index (κ2) is 8.85. The molecule has 1 aromatic heterocycles. The van der Waals surface area contributed by atoms with E-state index in [0.29, 0.717) is 30.0 Å². The first-order valence-electron chi connectivity index (χ1n) is 8.71. The van der Waals surface area contributed by atoms with Gasteiger partial charge in [-0.25, -0.2) is 0 Å². The number of pyridine rings is 1. The van der Waals surface area contributed by atoms with E-state index in [0.717, 1.165) is 16.7 Å². The summed E-state index contributed by atoms with van der Waals surface area (Å²) < 4.78 is 10.5. The number of benzene rings is 2. The van der Waals surface area contributed by atoms with Crippen LogP contribution in [0.4, 0.5) is 0 Å². The molecule has 0 aliphatic heterocycles. The summed E-state index contributed by atoms with van der Waals surface area (Å²) in [6.45, 7) is 0.540. The summed E-state index contributed by atoms with van der Waals surface area (Å²) >= 11 is 0. The highest BCUT2D eigenvalue weighted by atomic mass is 16.5. The minimum absolute atomic E-state index is 0.0896. The van der Waals surface area contributed by atoms with Crippen molar-refractivity contribution in [2.75, 3.05) is 20.8 Å². The lowest BCUT2D eigenvalue weighted by Gasteiger charge is -2.10. The van der Waals surface area contributed by atoms with E-state index in [-0.39, 0.29) is 5.91 Å². The van der Waals surface area contributed by atoms with Gasteiger partial charge in [0, 0.05) is 24.5 Å². The van der Waals surface area contributed by atoms with E-state index < -0.39 is 0 Å². The first-order chi connectivity index (χ1) is 13.2. The number of methoxy groups -OCH3 is 2. The van der Waals surface area contributed by atoms with E-state index in [4.69, 9.17) is 9.47 Å². The lowest BCUT2D eigenvalue weighted by Crippen LogP contribution is -2.25. The van der Waals surface area contributed by atoms with Gasteiger partial charge in [0.25, 0.3) is 5.91 Å². The molecule has 0 saturated heterocycles. The van der Waals surface area contributed by atoms with Gasteiger partial charge in [0.1, 0.15) is 0 Å². The fourth-order valence-corrected chi connectivity index (χ4v) is 2.81. The predicted molar refractivity (Wildman–Crippen MR) is 105 cm³/mol. The maximum absolute atomic E-state index is 12.3. The molecule has 0 aliphatic rings. The number of hydrogen-bond donors (Lipinski definition) is 1. The zero-order valence-corrected chi connectivity index (χ0v) is 15.4. The van der Waals surface area contributed by atoms with Crippen molar-refractivity contribution in [1.29, 1.82) is 0 Å². The maximum Gasteiger partial charge on any atom is 0.251 e. The van der Waals surface area contributed by atoms with Crippen molar-refractivity contribution in [1.82, 2.24) is 10.3 Å². The third-order valence-corrected chi connectivity index (χ3v) is 4.29. The molecule has 138 valence electrons. The van der Waals surface area contributed by atoms with Gasteiger partial charge in [-0.1, -0.05) is 24.3 Å². The van der Waals surface area contributed by atoms with Gasteiger partial charge in [-0.3, -0.25) is 9.78 Å². The van der Waals surface area contributed by atoms with Gasteiger partial charge in [-0.2, -0.15) is 0 Å². The van der Waals surface area contributed by atoms with Crippen molar-refractivity contribution in [3.8, 4) is 22.6 Å². The molecule has 0 saturated carbocycles. The fourth-order valence-electron chi connectivity index (χ4n) is 2.81. The molecule has 1 heterocycles. The summed E-state index contributed by atoms with van der Waals surface area (Å²) in [5.74, 6) is 1.29. The summed E-state index contributed by atoms with van der Waals surface area (Å²) in [7, 11) is 3.22. The average molecular weight is 362 g/mol. The molecule has 5 heteroatoms. The van der Waals surface area contributed by atoms with E-state index >= 15 is 0 Å². The number of rotatable bonds is 7. The lowest BCUT2D eigenvalue weighted by molar-refractivity contribution is 0.0954. The Morgan fingerprint density at radius 2 is 1.74 bits per heavy atom. The average Bonchev–Trinajstić information content (AvgIpc) is 2.74. The Kier molecular flexibility index (Phi) is 6.05. The van der Waals surface area contributed by atoms with Crippen LogP contribution in [0.25, 0.3) is 11.1 Å². The molecule has 0 bridgehead atoms. The molecular formula is C22H22N2O3. The van der Waals surface area contributed by atoms with Crippen LogP contribution in [0.2, 0.25) is 0 Å². The van der Waals surface area contributed by atoms with Gasteiger partial charge in [0.05, 0.1) is 14.2 Å². The number of carbonyl (C=O) groups excluding carboxylic acids is 1. The van der Waals surface area contributed by atoms with E-state index in [1.54, 1.807) is 26.6 Å². The Hall–Kier alpha value is -3.34. The topological polar surface area (TPSA) is 60.5 Å². The Morgan fingerprint density at radius 1 is 0.963 bits per heavy atom. The predicted octanol–water partition coefficient (Wildman–Crippen LogP) is 3.74. The number of amides is 1. The van der Waals surface area contributed by atoms with Gasteiger partial charge in [0.2, 0.25) is 0 Å². The first-order valence-corrected chi connectivity index (χ1v) is 8.71. The minimum Gasteiger partial charge on any atom is -0.493 e. The third kappa shape index (κ3) is 4.64. The van der Waals surface area contributed by atoms with E-state index in [2.05, 4.69) is 10.3 Å². The Morgan fingerprint density at radius 3 is 2.41 bits per heavy atom. The van der Waals surface area contributed by atoms with Crippen LogP contribution >= 0.6 is 0 Å². The minimum atomic E-state index is -0.0896. The van der Waals surface area contributed by atoms with Gasteiger partial charge < -0.3 is 14.8 Å². The molecule has 2 aromatic carbocycles. The van der Waals surface area contributed by atoms with Gasteiger partial charge in [-0.15, -0.1) is 0 Å². The standard InChI is InChI=1S/C22H22N2O3/c1-26-20-10-5-16(14-21(20)27-2)11-13-24-22(25)18-8-6-17(7-9-18)19-4-3-12-23-15-19/h3-10,12,14-15H,11,13H2,1-2H3,(H,24,25). The highest BCUT2D eigenvalue weighted by molar-refractivity contribution is 5.94. The zero-order chi connectivity index (χ0) is 19.1. The highest BCUT2D eigenvalue weighted by Gasteiger charge is 2.07. The number of ether oxygens (including phenoxy) is 2. The summed E-state index contributed by atoms with van der Waals surface area (Å²) in [5, 5.41) is 2.95. The van der Waals surface area contributed by atoms with Crippen LogP contribution in [-0.4, -0.2) is 31.7 Å². The molecule has 3 aromatic rings. The molecule has 0 fully saturated rings. The lowest BCUT2D eigenvalue weighted by atomic mass is 10.1.